The zero-order valence-electron chi connectivity index (χ0n) is 32.2. The van der Waals surface area contributed by atoms with Crippen molar-refractivity contribution in [2.45, 2.75) is 95.3 Å². The molecule has 0 radical (unpaired) electrons. The molecule has 55 heavy (non-hydrogen) atoms. The van der Waals surface area contributed by atoms with Gasteiger partial charge < -0.3 is 42.5 Å². The SMILES string of the molecule is CNC(=O)N1CC2(CCN(C(=O)[C@@H](CCCCN)NC(=O)[C@@H](CCC(C)C)NC(=O)[C@@H](Cc3ccccc3)NC(=O)[C@H](N)Cc3ccccc3)CC2(F)F)C1. The lowest BCUT2D eigenvalue weighted by molar-refractivity contribution is -0.215. The Balaban J connectivity index is 1.49. The van der Waals surface area contributed by atoms with Gasteiger partial charge in [0.05, 0.1) is 18.0 Å². The number of likely N-dealkylation sites (tertiary alicyclic amines) is 2. The van der Waals surface area contributed by atoms with Crippen LogP contribution in [-0.2, 0) is 32.0 Å². The van der Waals surface area contributed by atoms with Crippen LogP contribution in [0.25, 0.3) is 0 Å². The van der Waals surface area contributed by atoms with E-state index in [9.17, 15) is 24.0 Å². The minimum atomic E-state index is -3.26. The van der Waals surface area contributed by atoms with Crippen LogP contribution in [0.3, 0.4) is 0 Å². The molecule has 0 bridgehead atoms. The molecule has 2 fully saturated rings. The Morgan fingerprint density at radius 3 is 1.85 bits per heavy atom. The van der Waals surface area contributed by atoms with Crippen molar-refractivity contribution in [2.75, 3.05) is 39.8 Å². The largest absolute Gasteiger partial charge is 0.343 e. The molecule has 2 aliphatic heterocycles. The van der Waals surface area contributed by atoms with Crippen molar-refractivity contribution in [3.63, 3.8) is 0 Å². The Morgan fingerprint density at radius 2 is 1.29 bits per heavy atom. The lowest BCUT2D eigenvalue weighted by Gasteiger charge is -2.57. The van der Waals surface area contributed by atoms with Gasteiger partial charge in [-0.2, -0.15) is 0 Å². The van der Waals surface area contributed by atoms with Crippen LogP contribution in [0, 0.1) is 11.3 Å². The topological polar surface area (TPSA) is 192 Å². The van der Waals surface area contributed by atoms with E-state index >= 15 is 8.78 Å². The summed E-state index contributed by atoms with van der Waals surface area (Å²) in [6, 6.07) is 13.7. The van der Waals surface area contributed by atoms with Crippen LogP contribution in [0.15, 0.2) is 60.7 Å². The fraction of sp³-hybridized carbons (Fsp3) is 0.575. The van der Waals surface area contributed by atoms with Crippen molar-refractivity contribution in [2.24, 2.45) is 22.8 Å². The molecule has 0 unspecified atom stereocenters. The molecule has 4 atom stereocenters. The van der Waals surface area contributed by atoms with Crippen molar-refractivity contribution >= 4 is 29.7 Å². The van der Waals surface area contributed by atoms with Crippen molar-refractivity contribution in [1.29, 1.82) is 0 Å². The average Bonchev–Trinajstić information content (AvgIpc) is 3.14. The third-order valence-electron chi connectivity index (χ3n) is 10.6. The maximum Gasteiger partial charge on any atom is 0.317 e. The molecule has 2 aromatic carbocycles. The first-order chi connectivity index (χ1) is 26.2. The van der Waals surface area contributed by atoms with E-state index in [0.29, 0.717) is 25.8 Å². The molecule has 0 saturated carbocycles. The summed E-state index contributed by atoms with van der Waals surface area (Å²) in [5, 5.41) is 10.9. The van der Waals surface area contributed by atoms with Crippen molar-refractivity contribution in [1.82, 2.24) is 31.1 Å². The van der Waals surface area contributed by atoms with Crippen LogP contribution >= 0.6 is 0 Å². The molecule has 0 aromatic heterocycles. The Morgan fingerprint density at radius 1 is 0.727 bits per heavy atom. The zero-order valence-corrected chi connectivity index (χ0v) is 32.2. The normalized spacial score (nSPS) is 18.0. The summed E-state index contributed by atoms with van der Waals surface area (Å²) < 4.78 is 31.4. The van der Waals surface area contributed by atoms with Crippen LogP contribution in [0.4, 0.5) is 13.6 Å². The number of carbonyl (C=O) groups is 5. The summed E-state index contributed by atoms with van der Waals surface area (Å²) in [5.74, 6) is -5.50. The highest BCUT2D eigenvalue weighted by Crippen LogP contribution is 2.50. The number of nitrogens with one attached hydrogen (secondary N) is 4. The summed E-state index contributed by atoms with van der Waals surface area (Å²) in [4.78, 5) is 69.7. The van der Waals surface area contributed by atoms with Gasteiger partial charge in [0.25, 0.3) is 5.92 Å². The van der Waals surface area contributed by atoms with Gasteiger partial charge in [-0.3, -0.25) is 19.2 Å². The number of hydrogen-bond donors (Lipinski definition) is 6. The number of hydrogen-bond acceptors (Lipinski definition) is 7. The van der Waals surface area contributed by atoms with E-state index in [0.717, 1.165) is 16.0 Å². The Hall–Kier alpha value is -4.63. The highest BCUT2D eigenvalue weighted by Gasteiger charge is 2.64. The van der Waals surface area contributed by atoms with E-state index < -0.39 is 71.7 Å². The first-order valence-electron chi connectivity index (χ1n) is 19.3. The van der Waals surface area contributed by atoms with Gasteiger partial charge >= 0.3 is 6.03 Å². The predicted octanol–water partition coefficient (Wildman–Crippen LogP) is 2.33. The van der Waals surface area contributed by atoms with E-state index in [1.165, 1.54) is 11.9 Å². The van der Waals surface area contributed by atoms with E-state index in [2.05, 4.69) is 21.3 Å². The highest BCUT2D eigenvalue weighted by molar-refractivity contribution is 5.95. The number of piperidine rings is 1. The van der Waals surface area contributed by atoms with E-state index in [1.807, 2.05) is 74.5 Å². The van der Waals surface area contributed by atoms with Crippen LogP contribution in [0.1, 0.15) is 63.5 Å². The summed E-state index contributed by atoms with van der Waals surface area (Å²) in [6.07, 6.45) is 2.33. The van der Waals surface area contributed by atoms with Crippen LogP contribution in [0.2, 0.25) is 0 Å². The number of carbonyl (C=O) groups excluding carboxylic acids is 5. The smallest absolute Gasteiger partial charge is 0.317 e. The second kappa shape index (κ2) is 19.8. The molecule has 1 spiro atoms. The molecule has 2 aromatic rings. The summed E-state index contributed by atoms with van der Waals surface area (Å²) >= 11 is 0. The number of amides is 6. The zero-order chi connectivity index (χ0) is 40.2. The Kier molecular flexibility index (Phi) is 15.5. The number of halogens is 2. The number of urea groups is 1. The standard InChI is InChI=1S/C40H58F2N8O5/c1-27(2)17-18-31(46-36(53)33(23-29-14-8-5-9-15-29)48-34(51)30(44)22-28-12-6-4-7-13-28)35(52)47-32(16-10-11-20-43)37(54)49-21-19-39(40(41,42)26-49)24-50(25-39)38(55)45-3/h4-9,12-15,27,30-33H,10-11,16-26,43-44H2,1-3H3,(H,45,55)(H,46,53)(H,47,52)(H,48,51)/t30-,31-,32-,33-/m1/s1. The molecule has 8 N–H and O–H groups in total. The van der Waals surface area contributed by atoms with Gasteiger partial charge in [0, 0.05) is 33.1 Å². The Bertz CT molecular complexity index is 1590. The van der Waals surface area contributed by atoms with Gasteiger partial charge in [0.2, 0.25) is 23.6 Å². The van der Waals surface area contributed by atoms with Gasteiger partial charge in [-0.25, -0.2) is 13.6 Å². The van der Waals surface area contributed by atoms with Crippen molar-refractivity contribution < 1.29 is 32.8 Å². The minimum Gasteiger partial charge on any atom is -0.343 e. The lowest BCUT2D eigenvalue weighted by atomic mass is 9.69. The molecule has 2 saturated heterocycles. The van der Waals surface area contributed by atoms with E-state index in [1.54, 1.807) is 0 Å². The number of nitrogens with two attached hydrogens (primary N) is 2. The molecule has 4 rings (SSSR count). The third kappa shape index (κ3) is 11.7. The average molecular weight is 769 g/mol. The number of alkyl halides is 2. The number of unbranched alkanes of at least 4 members (excludes halogenated alkanes) is 1. The van der Waals surface area contributed by atoms with Crippen LogP contribution in [-0.4, -0.2) is 109 Å². The lowest BCUT2D eigenvalue weighted by Crippen LogP contribution is -2.72. The maximum atomic E-state index is 15.7. The predicted molar refractivity (Wildman–Crippen MR) is 206 cm³/mol. The summed E-state index contributed by atoms with van der Waals surface area (Å²) in [6.45, 7) is 3.28. The first kappa shape index (κ1) is 43.1. The van der Waals surface area contributed by atoms with Gasteiger partial charge in [0.1, 0.15) is 18.1 Å². The molecule has 2 aliphatic rings. The monoisotopic (exact) mass is 768 g/mol. The minimum absolute atomic E-state index is 0.000694. The van der Waals surface area contributed by atoms with Gasteiger partial charge in [-0.05, 0) is 68.5 Å². The number of nitrogens with zero attached hydrogens (tertiary/aromatic N) is 2. The first-order valence-corrected chi connectivity index (χ1v) is 19.3. The summed E-state index contributed by atoms with van der Waals surface area (Å²) in [5.41, 5.74) is 12.2. The molecule has 13 nitrogen and oxygen atoms in total. The van der Waals surface area contributed by atoms with Crippen LogP contribution < -0.4 is 32.7 Å². The van der Waals surface area contributed by atoms with Crippen LogP contribution in [0.5, 0.6) is 0 Å². The number of rotatable bonds is 18. The second-order valence-corrected chi connectivity index (χ2v) is 15.3. The van der Waals surface area contributed by atoms with E-state index in [4.69, 9.17) is 11.5 Å². The Labute approximate surface area is 322 Å². The van der Waals surface area contributed by atoms with E-state index in [-0.39, 0.29) is 57.7 Å². The summed E-state index contributed by atoms with van der Waals surface area (Å²) in [7, 11) is 1.44. The fourth-order valence-electron chi connectivity index (χ4n) is 7.16. The highest BCUT2D eigenvalue weighted by atomic mass is 19.3. The molecule has 0 aliphatic carbocycles. The number of benzene rings is 2. The van der Waals surface area contributed by atoms with Gasteiger partial charge in [0.15, 0.2) is 0 Å². The third-order valence-corrected chi connectivity index (χ3v) is 10.6. The van der Waals surface area contributed by atoms with Gasteiger partial charge in [-0.1, -0.05) is 74.5 Å². The fourth-order valence-corrected chi connectivity index (χ4v) is 7.16. The molecular weight excluding hydrogens is 710 g/mol. The van der Waals surface area contributed by atoms with Crippen molar-refractivity contribution in [3.8, 4) is 0 Å². The second-order valence-electron chi connectivity index (χ2n) is 15.3. The molecule has 15 heteroatoms. The van der Waals surface area contributed by atoms with Crippen molar-refractivity contribution in [3.05, 3.63) is 71.8 Å². The molecule has 302 valence electrons. The quantitative estimate of drug-likeness (QED) is 0.125. The van der Waals surface area contributed by atoms with Gasteiger partial charge in [-0.15, -0.1) is 0 Å². The molecule has 2 heterocycles. The molecular formula is C40H58F2N8O5. The maximum absolute atomic E-state index is 15.7. The molecule has 6 amide bonds.